The number of esters is 4. The lowest BCUT2D eigenvalue weighted by Crippen LogP contribution is -2.30. The number of rotatable bonds is 89. The van der Waals surface area contributed by atoms with E-state index in [1.54, 1.807) is 0 Å². The molecule has 0 aliphatic rings. The Bertz CT molecular complexity index is 2050. The van der Waals surface area contributed by atoms with Crippen molar-refractivity contribution in [3.8, 4) is 0 Å². The molecule has 642 valence electrons. The summed E-state index contributed by atoms with van der Waals surface area (Å²) in [6.45, 7) is 7.40. The third-order valence-electron chi connectivity index (χ3n) is 21.0. The van der Waals surface area contributed by atoms with Gasteiger partial charge in [0.2, 0.25) is 0 Å². The van der Waals surface area contributed by atoms with Gasteiger partial charge in [-0.05, 0) is 31.6 Å². The van der Waals surface area contributed by atoms with E-state index in [-0.39, 0.29) is 25.7 Å². The lowest BCUT2D eigenvalue weighted by Gasteiger charge is -2.21. The average molecular weight is 1580 g/mol. The highest BCUT2D eigenvalue weighted by Gasteiger charge is 2.30. The van der Waals surface area contributed by atoms with Crippen LogP contribution in [0.3, 0.4) is 0 Å². The van der Waals surface area contributed by atoms with Crippen molar-refractivity contribution in [1.29, 1.82) is 0 Å². The molecule has 0 saturated carbocycles. The maximum atomic E-state index is 13.2. The SMILES string of the molecule is CCCCCCCCCCCCCCCCCCCCCCCCC(=O)O[C@H](COC(=O)CCCCCCCCCCCCCCCCCCC(C)C)COP(=O)(O)OC[C@@H](O)COP(=O)(O)OC[C@@H](COC(=O)CCCCCCCCCCC)OC(=O)CCCCCCCCCCCCCCCCCCCC. The van der Waals surface area contributed by atoms with E-state index in [9.17, 15) is 43.2 Å². The summed E-state index contributed by atoms with van der Waals surface area (Å²) in [5.41, 5.74) is 0. The number of carbonyl (C=O) groups excluding carboxylic acids is 4. The van der Waals surface area contributed by atoms with Gasteiger partial charge in [0.25, 0.3) is 0 Å². The topological polar surface area (TPSA) is 237 Å². The van der Waals surface area contributed by atoms with Crippen LogP contribution in [0, 0.1) is 5.92 Å². The second-order valence-corrected chi connectivity index (χ2v) is 35.4. The van der Waals surface area contributed by atoms with Gasteiger partial charge in [-0.15, -0.1) is 0 Å². The number of phosphoric acid groups is 2. The van der Waals surface area contributed by atoms with E-state index >= 15 is 0 Å². The highest BCUT2D eigenvalue weighted by molar-refractivity contribution is 7.47. The molecular formula is C89H174O17P2. The van der Waals surface area contributed by atoms with Crippen molar-refractivity contribution in [2.75, 3.05) is 39.6 Å². The number of aliphatic hydroxyl groups is 1. The summed E-state index contributed by atoms with van der Waals surface area (Å²) in [5.74, 6) is -1.29. The largest absolute Gasteiger partial charge is 0.472 e. The first-order chi connectivity index (χ1) is 52.5. The maximum absolute atomic E-state index is 13.2. The molecule has 0 radical (unpaired) electrons. The Morgan fingerprint density at radius 1 is 0.250 bits per heavy atom. The van der Waals surface area contributed by atoms with Crippen LogP contribution in [0.25, 0.3) is 0 Å². The summed E-state index contributed by atoms with van der Waals surface area (Å²) in [6, 6.07) is 0. The van der Waals surface area contributed by atoms with E-state index in [4.69, 9.17) is 37.0 Å². The van der Waals surface area contributed by atoms with Crippen molar-refractivity contribution in [3.63, 3.8) is 0 Å². The van der Waals surface area contributed by atoms with Crippen LogP contribution in [-0.4, -0.2) is 96.7 Å². The van der Waals surface area contributed by atoms with E-state index in [2.05, 4.69) is 34.6 Å². The van der Waals surface area contributed by atoms with Gasteiger partial charge >= 0.3 is 39.5 Å². The fourth-order valence-corrected chi connectivity index (χ4v) is 15.6. The van der Waals surface area contributed by atoms with E-state index in [1.807, 2.05) is 0 Å². The van der Waals surface area contributed by atoms with E-state index in [1.165, 1.54) is 308 Å². The quantitative estimate of drug-likeness (QED) is 0.0222. The zero-order valence-corrected chi connectivity index (χ0v) is 72.8. The second-order valence-electron chi connectivity index (χ2n) is 32.5. The Morgan fingerprint density at radius 2 is 0.426 bits per heavy atom. The zero-order chi connectivity index (χ0) is 79.0. The first kappa shape index (κ1) is 106. The number of carbonyl (C=O) groups is 4. The van der Waals surface area contributed by atoms with Crippen LogP contribution in [-0.2, 0) is 65.4 Å². The molecule has 0 saturated heterocycles. The first-order valence-corrected chi connectivity index (χ1v) is 49.1. The molecule has 0 heterocycles. The molecular weight excluding hydrogens is 1400 g/mol. The summed E-state index contributed by atoms with van der Waals surface area (Å²) in [6.07, 6.45) is 76.5. The highest BCUT2D eigenvalue weighted by Crippen LogP contribution is 2.45. The van der Waals surface area contributed by atoms with Crippen LogP contribution < -0.4 is 0 Å². The minimum Gasteiger partial charge on any atom is -0.462 e. The summed E-state index contributed by atoms with van der Waals surface area (Å²) in [4.78, 5) is 73.3. The van der Waals surface area contributed by atoms with Crippen molar-refractivity contribution in [3.05, 3.63) is 0 Å². The van der Waals surface area contributed by atoms with Gasteiger partial charge in [0.05, 0.1) is 26.4 Å². The number of phosphoric ester groups is 2. The lowest BCUT2D eigenvalue weighted by molar-refractivity contribution is -0.161. The monoisotopic (exact) mass is 1580 g/mol. The third-order valence-corrected chi connectivity index (χ3v) is 22.9. The molecule has 0 rings (SSSR count). The number of aliphatic hydroxyl groups excluding tert-OH is 1. The first-order valence-electron chi connectivity index (χ1n) is 46.1. The van der Waals surface area contributed by atoms with Crippen LogP contribution in [0.5, 0.6) is 0 Å². The van der Waals surface area contributed by atoms with Crippen molar-refractivity contribution < 1.29 is 80.2 Å². The number of hydrogen-bond donors (Lipinski definition) is 3. The normalized spacial score (nSPS) is 13.7. The van der Waals surface area contributed by atoms with Crippen molar-refractivity contribution in [2.45, 2.75) is 502 Å². The van der Waals surface area contributed by atoms with Gasteiger partial charge in [0.15, 0.2) is 12.2 Å². The summed E-state index contributed by atoms with van der Waals surface area (Å²) >= 11 is 0. The Labute approximate surface area is 664 Å². The number of ether oxygens (including phenoxy) is 4. The predicted octanol–water partition coefficient (Wildman–Crippen LogP) is 27.5. The molecule has 0 aromatic carbocycles. The van der Waals surface area contributed by atoms with Crippen LogP contribution in [0.4, 0.5) is 0 Å². The smallest absolute Gasteiger partial charge is 0.462 e. The molecule has 17 nitrogen and oxygen atoms in total. The molecule has 0 bridgehead atoms. The van der Waals surface area contributed by atoms with E-state index in [0.717, 1.165) is 95.8 Å². The van der Waals surface area contributed by atoms with Gasteiger partial charge < -0.3 is 33.8 Å². The fourth-order valence-electron chi connectivity index (χ4n) is 14.0. The van der Waals surface area contributed by atoms with E-state index in [0.29, 0.717) is 25.7 Å². The second kappa shape index (κ2) is 81.6. The Balaban J connectivity index is 5.19. The van der Waals surface area contributed by atoms with Crippen molar-refractivity contribution in [1.82, 2.24) is 0 Å². The summed E-state index contributed by atoms with van der Waals surface area (Å²) in [7, 11) is -9.93. The Hall–Kier alpha value is -1.94. The molecule has 2 unspecified atom stereocenters. The maximum Gasteiger partial charge on any atom is 0.472 e. The molecule has 0 aromatic rings. The summed E-state index contributed by atoms with van der Waals surface area (Å²) < 4.78 is 68.9. The number of unbranched alkanes of at least 4 members (excludes halogenated alkanes) is 61. The van der Waals surface area contributed by atoms with Gasteiger partial charge in [-0.2, -0.15) is 0 Å². The molecule has 3 N–H and O–H groups in total. The van der Waals surface area contributed by atoms with Crippen LogP contribution >= 0.6 is 15.6 Å². The molecule has 0 amide bonds. The molecule has 0 aliphatic carbocycles. The van der Waals surface area contributed by atoms with Crippen LogP contribution in [0.1, 0.15) is 484 Å². The van der Waals surface area contributed by atoms with E-state index < -0.39 is 97.5 Å². The molecule has 0 spiro atoms. The van der Waals surface area contributed by atoms with Gasteiger partial charge in [-0.25, -0.2) is 9.13 Å². The van der Waals surface area contributed by atoms with Crippen molar-refractivity contribution >= 4 is 39.5 Å². The number of hydrogen-bond acceptors (Lipinski definition) is 15. The molecule has 19 heteroatoms. The average Bonchev–Trinajstić information content (AvgIpc) is 0.902. The standard InChI is InChI=1S/C89H174O17P2/c1-6-9-12-15-18-21-23-25-27-29-31-32-33-34-36-42-46-50-55-60-65-70-75-89(94)106-85(79-100-87(92)73-68-63-58-53-48-44-40-38-37-39-43-47-52-56-61-66-71-82(4)5)81-104-108(97,98)102-77-83(90)76-101-107(95,96)103-80-84(78-99-86(91)72-67-62-57-51-20-17-14-11-8-3)105-88(93)74-69-64-59-54-49-45-41-35-30-28-26-24-22-19-16-13-10-7-2/h82-85,90H,6-81H2,1-5H3,(H,95,96)(H,97,98)/t83-,84+,85+/m0/s1. The highest BCUT2D eigenvalue weighted by atomic mass is 31.2. The fraction of sp³-hybridized carbons (Fsp3) is 0.955. The van der Waals surface area contributed by atoms with Crippen molar-refractivity contribution in [2.24, 2.45) is 5.92 Å². The van der Waals surface area contributed by atoms with Gasteiger partial charge in [0.1, 0.15) is 19.3 Å². The van der Waals surface area contributed by atoms with Gasteiger partial charge in [-0.1, -0.05) is 433 Å². The minimum atomic E-state index is -4.97. The molecule has 0 aromatic heterocycles. The Kier molecular flexibility index (Phi) is 80.2. The van der Waals surface area contributed by atoms with Gasteiger partial charge in [-0.3, -0.25) is 37.3 Å². The summed E-state index contributed by atoms with van der Waals surface area (Å²) in [5, 5.41) is 10.7. The van der Waals surface area contributed by atoms with Gasteiger partial charge in [0, 0.05) is 25.7 Å². The van der Waals surface area contributed by atoms with Crippen LogP contribution in [0.15, 0.2) is 0 Å². The third kappa shape index (κ3) is 82.1. The molecule has 5 atom stereocenters. The Morgan fingerprint density at radius 3 is 0.630 bits per heavy atom. The molecule has 0 fully saturated rings. The molecule has 108 heavy (non-hydrogen) atoms. The predicted molar refractivity (Wildman–Crippen MR) is 446 cm³/mol. The molecule has 0 aliphatic heterocycles. The minimum absolute atomic E-state index is 0.109. The zero-order valence-electron chi connectivity index (χ0n) is 71.0. The van der Waals surface area contributed by atoms with Crippen LogP contribution in [0.2, 0.25) is 0 Å². The lowest BCUT2D eigenvalue weighted by atomic mass is 10.0.